The third kappa shape index (κ3) is 5.63. The fourth-order valence-electron chi connectivity index (χ4n) is 3.88. The maximum atomic E-state index is 12.9. The number of anilines is 4. The van der Waals surface area contributed by atoms with Crippen LogP contribution in [0.1, 0.15) is 30.0 Å². The van der Waals surface area contributed by atoms with Crippen molar-refractivity contribution in [1.82, 2.24) is 19.7 Å². The zero-order chi connectivity index (χ0) is 25.7. The van der Waals surface area contributed by atoms with Gasteiger partial charge in [0.1, 0.15) is 17.3 Å². The highest BCUT2D eigenvalue weighted by atomic mass is 16.5. The molecule has 0 saturated heterocycles. The zero-order valence-corrected chi connectivity index (χ0v) is 21.2. The van der Waals surface area contributed by atoms with Gasteiger partial charge in [0, 0.05) is 48.8 Å². The van der Waals surface area contributed by atoms with Crippen molar-refractivity contribution in [2.24, 2.45) is 7.05 Å². The fraction of sp³-hybridized carbons (Fsp3) is 0.259. The molecule has 186 valence electrons. The summed E-state index contributed by atoms with van der Waals surface area (Å²) in [7, 11) is 3.37. The van der Waals surface area contributed by atoms with Crippen molar-refractivity contribution in [2.45, 2.75) is 20.8 Å². The van der Waals surface area contributed by atoms with Crippen LogP contribution < -0.4 is 20.3 Å². The van der Waals surface area contributed by atoms with E-state index >= 15 is 0 Å². The number of benzene rings is 2. The summed E-state index contributed by atoms with van der Waals surface area (Å²) in [4.78, 5) is 24.3. The molecule has 4 rings (SSSR count). The van der Waals surface area contributed by atoms with Crippen molar-refractivity contribution in [2.75, 3.05) is 35.7 Å². The highest BCUT2D eigenvalue weighted by Gasteiger charge is 2.15. The van der Waals surface area contributed by atoms with Crippen LogP contribution in [-0.4, -0.2) is 45.9 Å². The summed E-state index contributed by atoms with van der Waals surface area (Å²) in [5.74, 6) is 1.92. The lowest BCUT2D eigenvalue weighted by Crippen LogP contribution is -2.23. The molecule has 0 radical (unpaired) electrons. The smallest absolute Gasteiger partial charge is 0.273 e. The van der Waals surface area contributed by atoms with E-state index in [9.17, 15) is 4.79 Å². The van der Waals surface area contributed by atoms with Crippen LogP contribution in [0, 0.1) is 6.92 Å². The fourth-order valence-corrected chi connectivity index (χ4v) is 3.88. The Kier molecular flexibility index (Phi) is 7.48. The Balaban J connectivity index is 1.45. The minimum absolute atomic E-state index is 0.245. The van der Waals surface area contributed by atoms with Gasteiger partial charge in [0.2, 0.25) is 5.95 Å². The molecule has 0 spiro atoms. The minimum Gasteiger partial charge on any atom is -0.497 e. The summed E-state index contributed by atoms with van der Waals surface area (Å²) >= 11 is 0. The first kappa shape index (κ1) is 24.7. The van der Waals surface area contributed by atoms with E-state index < -0.39 is 0 Å². The van der Waals surface area contributed by atoms with Gasteiger partial charge < -0.3 is 20.3 Å². The summed E-state index contributed by atoms with van der Waals surface area (Å²) in [6, 6.07) is 18.8. The van der Waals surface area contributed by atoms with E-state index in [1.54, 1.807) is 24.9 Å². The van der Waals surface area contributed by atoms with E-state index in [1.807, 2.05) is 61.5 Å². The quantitative estimate of drug-likeness (QED) is 0.343. The van der Waals surface area contributed by atoms with Gasteiger partial charge in [0.05, 0.1) is 12.8 Å². The number of hydrogen-bond donors (Lipinski definition) is 2. The van der Waals surface area contributed by atoms with E-state index in [0.29, 0.717) is 23.0 Å². The number of rotatable bonds is 9. The number of methoxy groups -OCH3 is 1. The molecule has 0 fully saturated rings. The van der Waals surface area contributed by atoms with Gasteiger partial charge >= 0.3 is 0 Å². The standard InChI is InChI=1S/C27H31N7O2/c1-6-34(7-2)25-15-18(3)28-27(31-25)30-21-13-11-20(12-14-21)29-26(35)24-17-23(32-33(24)4)19-9-8-10-22(16-19)36-5/h8-17H,6-7H2,1-5H3,(H,29,35)(H,28,30,31). The van der Waals surface area contributed by atoms with Gasteiger partial charge in [0.15, 0.2) is 0 Å². The number of aryl methyl sites for hydroxylation is 2. The van der Waals surface area contributed by atoms with E-state index in [-0.39, 0.29) is 5.91 Å². The van der Waals surface area contributed by atoms with Crippen molar-refractivity contribution in [1.29, 1.82) is 0 Å². The summed E-state index contributed by atoms with van der Waals surface area (Å²) in [5.41, 5.74) is 4.41. The second-order valence-electron chi connectivity index (χ2n) is 8.29. The summed E-state index contributed by atoms with van der Waals surface area (Å²) in [5, 5.41) is 10.7. The maximum absolute atomic E-state index is 12.9. The molecule has 2 aromatic carbocycles. The molecule has 0 aliphatic carbocycles. The minimum atomic E-state index is -0.245. The largest absolute Gasteiger partial charge is 0.497 e. The third-order valence-electron chi connectivity index (χ3n) is 5.80. The SMILES string of the molecule is CCN(CC)c1cc(C)nc(Nc2ccc(NC(=O)c3cc(-c4cccc(OC)c4)nn3C)cc2)n1. The first-order valence-corrected chi connectivity index (χ1v) is 11.9. The number of amides is 1. The highest BCUT2D eigenvalue weighted by molar-refractivity contribution is 6.03. The Morgan fingerprint density at radius 2 is 1.72 bits per heavy atom. The highest BCUT2D eigenvalue weighted by Crippen LogP contribution is 2.24. The summed E-state index contributed by atoms with van der Waals surface area (Å²) < 4.78 is 6.86. The van der Waals surface area contributed by atoms with Crippen LogP contribution in [0.4, 0.5) is 23.1 Å². The van der Waals surface area contributed by atoms with Crippen LogP contribution in [0.15, 0.2) is 60.7 Å². The topological polar surface area (TPSA) is 97.2 Å². The molecule has 4 aromatic rings. The first-order chi connectivity index (χ1) is 17.4. The molecular weight excluding hydrogens is 454 g/mol. The van der Waals surface area contributed by atoms with Crippen LogP contribution >= 0.6 is 0 Å². The number of carbonyl (C=O) groups excluding carboxylic acids is 1. The Hall–Kier alpha value is -4.40. The van der Waals surface area contributed by atoms with E-state index in [1.165, 1.54) is 0 Å². The van der Waals surface area contributed by atoms with Crippen LogP contribution in [-0.2, 0) is 7.05 Å². The van der Waals surface area contributed by atoms with Crippen molar-refractivity contribution in [3.05, 3.63) is 72.1 Å². The number of nitrogens with zero attached hydrogens (tertiary/aromatic N) is 5. The summed E-state index contributed by atoms with van der Waals surface area (Å²) in [6.45, 7) is 7.91. The van der Waals surface area contributed by atoms with Gasteiger partial charge in [-0.25, -0.2) is 4.98 Å². The van der Waals surface area contributed by atoms with Crippen molar-refractivity contribution in [3.63, 3.8) is 0 Å². The van der Waals surface area contributed by atoms with E-state index in [4.69, 9.17) is 4.74 Å². The van der Waals surface area contributed by atoms with E-state index in [0.717, 1.165) is 41.6 Å². The predicted molar refractivity (Wildman–Crippen MR) is 143 cm³/mol. The van der Waals surface area contributed by atoms with Gasteiger partial charge in [0.25, 0.3) is 5.91 Å². The molecule has 9 heteroatoms. The molecule has 0 aliphatic heterocycles. The molecule has 0 aliphatic rings. The van der Waals surface area contributed by atoms with Gasteiger partial charge in [-0.3, -0.25) is 9.48 Å². The maximum Gasteiger partial charge on any atom is 0.273 e. The Morgan fingerprint density at radius 1 is 1.00 bits per heavy atom. The number of hydrogen-bond acceptors (Lipinski definition) is 7. The second-order valence-corrected chi connectivity index (χ2v) is 8.29. The molecule has 2 heterocycles. The van der Waals surface area contributed by atoms with Gasteiger partial charge in [-0.1, -0.05) is 12.1 Å². The van der Waals surface area contributed by atoms with Crippen molar-refractivity contribution < 1.29 is 9.53 Å². The monoisotopic (exact) mass is 485 g/mol. The lowest BCUT2D eigenvalue weighted by molar-refractivity contribution is 0.101. The number of carbonyl (C=O) groups is 1. The molecule has 1 amide bonds. The molecule has 36 heavy (non-hydrogen) atoms. The Morgan fingerprint density at radius 3 is 2.42 bits per heavy atom. The van der Waals surface area contributed by atoms with Crippen LogP contribution in [0.25, 0.3) is 11.3 Å². The second kappa shape index (κ2) is 10.9. The number of aromatic nitrogens is 4. The van der Waals surface area contributed by atoms with Crippen molar-refractivity contribution >= 4 is 29.0 Å². The lowest BCUT2D eigenvalue weighted by Gasteiger charge is -2.20. The van der Waals surface area contributed by atoms with Gasteiger partial charge in [-0.05, 0) is 63.2 Å². The molecule has 0 atom stereocenters. The van der Waals surface area contributed by atoms with Gasteiger partial charge in [-0.15, -0.1) is 0 Å². The van der Waals surface area contributed by atoms with Crippen molar-refractivity contribution in [3.8, 4) is 17.0 Å². The van der Waals surface area contributed by atoms with Crippen LogP contribution in [0.2, 0.25) is 0 Å². The molecule has 0 unspecified atom stereocenters. The van der Waals surface area contributed by atoms with Gasteiger partial charge in [-0.2, -0.15) is 10.1 Å². The first-order valence-electron chi connectivity index (χ1n) is 11.9. The van der Waals surface area contributed by atoms with Crippen LogP contribution in [0.5, 0.6) is 5.75 Å². The Labute approximate surface area is 211 Å². The molecule has 2 N–H and O–H groups in total. The molecular formula is C27H31N7O2. The predicted octanol–water partition coefficient (Wildman–Crippen LogP) is 5.04. The lowest BCUT2D eigenvalue weighted by atomic mass is 10.1. The number of nitrogens with one attached hydrogen (secondary N) is 2. The normalized spacial score (nSPS) is 10.7. The summed E-state index contributed by atoms with van der Waals surface area (Å²) in [6.07, 6.45) is 0. The third-order valence-corrected chi connectivity index (χ3v) is 5.80. The number of ether oxygens (including phenoxy) is 1. The average Bonchev–Trinajstić information content (AvgIpc) is 3.27. The molecule has 9 nitrogen and oxygen atoms in total. The Bertz CT molecular complexity index is 1340. The molecule has 0 saturated carbocycles. The molecule has 0 bridgehead atoms. The van der Waals surface area contributed by atoms with Crippen LogP contribution in [0.3, 0.4) is 0 Å². The average molecular weight is 486 g/mol. The zero-order valence-electron chi connectivity index (χ0n) is 21.2. The van der Waals surface area contributed by atoms with E-state index in [2.05, 4.69) is 44.4 Å². The molecule has 2 aromatic heterocycles.